The fourth-order valence-electron chi connectivity index (χ4n) is 4.78. The Balaban J connectivity index is 1.58. The summed E-state index contributed by atoms with van der Waals surface area (Å²) in [5.41, 5.74) is 2.46. The summed E-state index contributed by atoms with van der Waals surface area (Å²) >= 11 is 0. The van der Waals surface area contributed by atoms with Gasteiger partial charge in [0.15, 0.2) is 0 Å². The molecule has 0 saturated carbocycles. The standard InChI is InChI=1S/C23H35N3O2/c1-16(2)26-15-21(10-22(26)27)23(28)24-11-19-7-5-6-8-20(19)14-25-12-17(3)9-18(4)13-25/h5-8,16-18,21H,9-15H2,1-4H3,(H,24,28)/t17-,18-,21-/m1/s1. The molecular formula is C23H35N3O2. The first-order chi connectivity index (χ1) is 13.3. The number of hydrogen-bond acceptors (Lipinski definition) is 3. The van der Waals surface area contributed by atoms with E-state index in [4.69, 9.17) is 0 Å². The van der Waals surface area contributed by atoms with Crippen molar-refractivity contribution in [3.63, 3.8) is 0 Å². The lowest BCUT2D eigenvalue weighted by Crippen LogP contribution is -2.38. The van der Waals surface area contributed by atoms with Gasteiger partial charge in [0.1, 0.15) is 0 Å². The van der Waals surface area contributed by atoms with E-state index < -0.39 is 0 Å². The van der Waals surface area contributed by atoms with Gasteiger partial charge >= 0.3 is 0 Å². The van der Waals surface area contributed by atoms with Crippen LogP contribution in [0.2, 0.25) is 0 Å². The van der Waals surface area contributed by atoms with Gasteiger partial charge in [0.25, 0.3) is 0 Å². The first-order valence-corrected chi connectivity index (χ1v) is 10.7. The van der Waals surface area contributed by atoms with E-state index in [2.05, 4.69) is 42.3 Å². The lowest BCUT2D eigenvalue weighted by molar-refractivity contribution is -0.130. The van der Waals surface area contributed by atoms with Crippen LogP contribution < -0.4 is 5.32 Å². The Labute approximate surface area is 169 Å². The van der Waals surface area contributed by atoms with E-state index in [-0.39, 0.29) is 23.8 Å². The molecule has 2 saturated heterocycles. The Bertz CT molecular complexity index is 693. The number of carbonyl (C=O) groups excluding carboxylic acids is 2. The van der Waals surface area contributed by atoms with Crippen molar-refractivity contribution < 1.29 is 9.59 Å². The highest BCUT2D eigenvalue weighted by Crippen LogP contribution is 2.24. The molecule has 154 valence electrons. The van der Waals surface area contributed by atoms with Gasteiger partial charge < -0.3 is 10.2 Å². The van der Waals surface area contributed by atoms with Crippen LogP contribution in [0.15, 0.2) is 24.3 Å². The number of benzene rings is 1. The summed E-state index contributed by atoms with van der Waals surface area (Å²) in [6.07, 6.45) is 1.64. The summed E-state index contributed by atoms with van der Waals surface area (Å²) in [5, 5.41) is 3.08. The number of nitrogens with zero attached hydrogens (tertiary/aromatic N) is 2. The highest BCUT2D eigenvalue weighted by molar-refractivity contribution is 5.89. The fraction of sp³-hybridized carbons (Fsp3) is 0.652. The first kappa shape index (κ1) is 20.8. The van der Waals surface area contributed by atoms with E-state index in [0.717, 1.165) is 31.5 Å². The fourth-order valence-corrected chi connectivity index (χ4v) is 4.78. The second-order valence-electron chi connectivity index (χ2n) is 9.17. The number of hydrogen-bond donors (Lipinski definition) is 1. The summed E-state index contributed by atoms with van der Waals surface area (Å²) < 4.78 is 0. The van der Waals surface area contributed by atoms with Crippen LogP contribution in [-0.4, -0.2) is 47.3 Å². The van der Waals surface area contributed by atoms with E-state index in [1.807, 2.05) is 19.9 Å². The number of carbonyl (C=O) groups is 2. The molecule has 1 aromatic rings. The van der Waals surface area contributed by atoms with Crippen molar-refractivity contribution in [1.29, 1.82) is 0 Å². The molecule has 0 spiro atoms. The molecule has 0 unspecified atom stereocenters. The molecular weight excluding hydrogens is 350 g/mol. The van der Waals surface area contributed by atoms with Gasteiger partial charge in [-0.3, -0.25) is 14.5 Å². The van der Waals surface area contributed by atoms with Crippen molar-refractivity contribution in [2.45, 2.75) is 59.7 Å². The third kappa shape index (κ3) is 5.13. The molecule has 2 amide bonds. The van der Waals surface area contributed by atoms with Gasteiger partial charge in [-0.1, -0.05) is 38.1 Å². The van der Waals surface area contributed by atoms with Crippen LogP contribution in [0.3, 0.4) is 0 Å². The minimum Gasteiger partial charge on any atom is -0.352 e. The van der Waals surface area contributed by atoms with Gasteiger partial charge in [-0.2, -0.15) is 0 Å². The Hall–Kier alpha value is -1.88. The average molecular weight is 386 g/mol. The molecule has 0 radical (unpaired) electrons. The highest BCUT2D eigenvalue weighted by atomic mass is 16.2. The minimum atomic E-state index is -0.231. The summed E-state index contributed by atoms with van der Waals surface area (Å²) in [6, 6.07) is 8.54. The van der Waals surface area contributed by atoms with Crippen LogP contribution in [0.4, 0.5) is 0 Å². The summed E-state index contributed by atoms with van der Waals surface area (Å²) in [6.45, 7) is 12.9. The monoisotopic (exact) mass is 385 g/mol. The van der Waals surface area contributed by atoms with Gasteiger partial charge in [0.2, 0.25) is 11.8 Å². The minimum absolute atomic E-state index is 0.00785. The van der Waals surface area contributed by atoms with Gasteiger partial charge in [0, 0.05) is 45.2 Å². The molecule has 3 rings (SSSR count). The zero-order valence-electron chi connectivity index (χ0n) is 17.8. The molecule has 5 heteroatoms. The van der Waals surface area contributed by atoms with Crippen LogP contribution >= 0.6 is 0 Å². The Morgan fingerprint density at radius 1 is 1.11 bits per heavy atom. The van der Waals surface area contributed by atoms with Crippen molar-refractivity contribution in [3.8, 4) is 0 Å². The van der Waals surface area contributed by atoms with Crippen molar-refractivity contribution in [3.05, 3.63) is 35.4 Å². The lowest BCUT2D eigenvalue weighted by atomic mass is 9.91. The zero-order chi connectivity index (χ0) is 20.3. The van der Waals surface area contributed by atoms with Crippen LogP contribution in [0.1, 0.15) is 51.7 Å². The molecule has 2 fully saturated rings. The Morgan fingerprint density at radius 3 is 2.36 bits per heavy atom. The van der Waals surface area contributed by atoms with E-state index in [1.165, 1.54) is 17.5 Å². The molecule has 28 heavy (non-hydrogen) atoms. The third-order valence-corrected chi connectivity index (χ3v) is 6.06. The second-order valence-corrected chi connectivity index (χ2v) is 9.17. The summed E-state index contributed by atoms with van der Waals surface area (Å²) in [4.78, 5) is 29.0. The van der Waals surface area contributed by atoms with E-state index >= 15 is 0 Å². The summed E-state index contributed by atoms with van der Waals surface area (Å²) in [5.74, 6) is 1.32. The lowest BCUT2D eigenvalue weighted by Gasteiger charge is -2.35. The maximum atomic E-state index is 12.6. The number of rotatable bonds is 6. The highest BCUT2D eigenvalue weighted by Gasteiger charge is 2.35. The molecule has 0 aliphatic carbocycles. The third-order valence-electron chi connectivity index (χ3n) is 6.06. The molecule has 1 N–H and O–H groups in total. The van der Waals surface area contributed by atoms with Gasteiger partial charge in [-0.25, -0.2) is 0 Å². The number of nitrogens with one attached hydrogen (secondary N) is 1. The smallest absolute Gasteiger partial charge is 0.225 e. The van der Waals surface area contributed by atoms with Crippen LogP contribution in [-0.2, 0) is 22.7 Å². The molecule has 2 aliphatic heterocycles. The predicted molar refractivity (Wildman–Crippen MR) is 111 cm³/mol. The molecule has 3 atom stereocenters. The average Bonchev–Trinajstić information content (AvgIpc) is 3.02. The van der Waals surface area contributed by atoms with Crippen molar-refractivity contribution in [2.75, 3.05) is 19.6 Å². The van der Waals surface area contributed by atoms with E-state index in [0.29, 0.717) is 19.5 Å². The van der Waals surface area contributed by atoms with Gasteiger partial charge in [-0.15, -0.1) is 0 Å². The predicted octanol–water partition coefficient (Wildman–Crippen LogP) is 3.04. The van der Waals surface area contributed by atoms with Crippen molar-refractivity contribution in [1.82, 2.24) is 15.1 Å². The second kappa shape index (κ2) is 9.08. The van der Waals surface area contributed by atoms with E-state index in [9.17, 15) is 9.59 Å². The van der Waals surface area contributed by atoms with Crippen LogP contribution in [0, 0.1) is 17.8 Å². The zero-order valence-corrected chi connectivity index (χ0v) is 17.8. The SMILES string of the molecule is CC(C)N1C[C@H](C(=O)NCc2ccccc2CN2C[C@H](C)C[C@@H](C)C2)CC1=O. The van der Waals surface area contributed by atoms with Gasteiger partial charge in [-0.05, 0) is 43.2 Å². The van der Waals surface area contributed by atoms with Crippen LogP contribution in [0.25, 0.3) is 0 Å². The van der Waals surface area contributed by atoms with Crippen molar-refractivity contribution >= 4 is 11.8 Å². The Kier molecular flexibility index (Phi) is 6.76. The molecule has 1 aromatic carbocycles. The topological polar surface area (TPSA) is 52.7 Å². The number of likely N-dealkylation sites (tertiary alicyclic amines) is 2. The normalized spacial score (nSPS) is 26.1. The number of piperidine rings is 1. The van der Waals surface area contributed by atoms with E-state index in [1.54, 1.807) is 4.90 Å². The summed E-state index contributed by atoms with van der Waals surface area (Å²) in [7, 11) is 0. The molecule has 0 aromatic heterocycles. The molecule has 5 nitrogen and oxygen atoms in total. The first-order valence-electron chi connectivity index (χ1n) is 10.7. The maximum absolute atomic E-state index is 12.6. The molecule has 2 aliphatic rings. The maximum Gasteiger partial charge on any atom is 0.225 e. The largest absolute Gasteiger partial charge is 0.352 e. The molecule has 2 heterocycles. The van der Waals surface area contributed by atoms with Crippen molar-refractivity contribution in [2.24, 2.45) is 17.8 Å². The quantitative estimate of drug-likeness (QED) is 0.819. The van der Waals surface area contributed by atoms with Gasteiger partial charge in [0.05, 0.1) is 5.92 Å². The molecule has 0 bridgehead atoms. The van der Waals surface area contributed by atoms with Crippen LogP contribution in [0.5, 0.6) is 0 Å². The number of amides is 2. The Morgan fingerprint density at radius 2 is 1.75 bits per heavy atom.